The van der Waals surface area contributed by atoms with E-state index in [9.17, 15) is 24.6 Å². The second-order valence-electron chi connectivity index (χ2n) is 16.7. The van der Waals surface area contributed by atoms with Crippen LogP contribution < -0.4 is 10.3 Å². The number of nitrogens with zero attached hydrogens (tertiary/aromatic N) is 2. The number of aliphatic hydroxyl groups is 1. The first-order chi connectivity index (χ1) is 28.8. The number of phenols is 1. The molecule has 1 amide bonds. The van der Waals surface area contributed by atoms with Gasteiger partial charge in [0.1, 0.15) is 24.2 Å². The number of amides is 1. The number of aromatic amines is 1. The first kappa shape index (κ1) is 40.3. The van der Waals surface area contributed by atoms with Crippen LogP contribution in [-0.4, -0.2) is 75.7 Å². The first-order valence-corrected chi connectivity index (χ1v) is 21.4. The molecule has 4 aliphatic rings. The smallest absolute Gasteiger partial charge is 0.307 e. The molecule has 2 bridgehead atoms. The number of esters is 1. The number of benzene rings is 4. The number of rotatable bonds is 18. The van der Waals surface area contributed by atoms with Crippen molar-refractivity contribution in [2.24, 2.45) is 11.8 Å². The molecule has 1 aromatic heterocycles. The van der Waals surface area contributed by atoms with Crippen LogP contribution in [0.4, 0.5) is 0 Å². The van der Waals surface area contributed by atoms with E-state index in [4.69, 9.17) is 9.47 Å². The molecule has 0 radical (unpaired) electrons. The number of H-pyrrole nitrogens is 1. The zero-order valence-electron chi connectivity index (χ0n) is 33.6. The molecule has 1 aliphatic carbocycles. The highest BCUT2D eigenvalue weighted by molar-refractivity contribution is 5.94. The van der Waals surface area contributed by atoms with Gasteiger partial charge in [0.25, 0.3) is 5.91 Å². The Kier molecular flexibility index (Phi) is 12.7. The number of nitrogens with one attached hydrogen (secondary N) is 1. The summed E-state index contributed by atoms with van der Waals surface area (Å²) in [5, 5.41) is 21.8. The molecular formula is C49H55N3O7. The van der Waals surface area contributed by atoms with E-state index >= 15 is 0 Å². The third kappa shape index (κ3) is 10.2. The topological polar surface area (TPSA) is 132 Å². The Morgan fingerprint density at radius 2 is 1.63 bits per heavy atom. The third-order valence-electron chi connectivity index (χ3n) is 12.5. The zero-order chi connectivity index (χ0) is 40.7. The fourth-order valence-electron chi connectivity index (χ4n) is 8.87. The molecule has 9 rings (SSSR count). The van der Waals surface area contributed by atoms with Crippen LogP contribution in [-0.2, 0) is 16.1 Å². The Labute approximate surface area is 345 Å². The number of hydrogen-bond acceptors (Lipinski definition) is 8. The molecule has 3 N–H and O–H groups in total. The summed E-state index contributed by atoms with van der Waals surface area (Å²) in [5.74, 6) is 1.41. The van der Waals surface area contributed by atoms with Crippen molar-refractivity contribution in [2.45, 2.75) is 82.5 Å². The molecular weight excluding hydrogens is 743 g/mol. The summed E-state index contributed by atoms with van der Waals surface area (Å²) in [6, 6.07) is 32.0. The number of phenolic OH excluding ortho intramolecular Hbond substituents is 1. The molecule has 1 saturated carbocycles. The van der Waals surface area contributed by atoms with Gasteiger partial charge in [-0.2, -0.15) is 0 Å². The Balaban J connectivity index is 0.839. The predicted octanol–water partition coefficient (Wildman–Crippen LogP) is 8.12. The molecule has 0 unspecified atom stereocenters. The number of carbonyl (C=O) groups excluding carboxylic acids is 2. The number of piperidine rings is 3. The molecule has 4 heterocycles. The molecule has 3 aliphatic heterocycles. The van der Waals surface area contributed by atoms with Crippen molar-refractivity contribution in [3.8, 4) is 11.5 Å². The fraction of sp³-hybridized carbons (Fsp3) is 0.408. The fourth-order valence-corrected chi connectivity index (χ4v) is 8.87. The van der Waals surface area contributed by atoms with E-state index in [0.29, 0.717) is 59.2 Å². The van der Waals surface area contributed by atoms with E-state index < -0.39 is 6.10 Å². The number of hydrogen-bond donors (Lipinski definition) is 3. The van der Waals surface area contributed by atoms with Crippen molar-refractivity contribution in [3.05, 3.63) is 141 Å². The summed E-state index contributed by atoms with van der Waals surface area (Å²) in [6.45, 7) is 4.78. The summed E-state index contributed by atoms with van der Waals surface area (Å²) in [7, 11) is 0. The highest BCUT2D eigenvalue weighted by Crippen LogP contribution is 2.35. The Morgan fingerprint density at radius 3 is 2.37 bits per heavy atom. The van der Waals surface area contributed by atoms with E-state index in [1.165, 1.54) is 12.1 Å². The first-order valence-electron chi connectivity index (χ1n) is 21.4. The number of aromatic nitrogens is 1. The standard InChI is InChI=1S/C49H55N3O7/c53-43(40-19-21-44(54)48-41(40)20-22-46(55)50-48)12-5-2-6-25-52(30-33-13-14-33)49(57)37-17-15-34(16-18-37)32-58-39-11-7-10-38(28-39)42(35-8-3-1-4-9-35)29-47(56)59-45-31-51-26-23-36(45)24-27-51/h1,3-4,7-11,15-22,28,33,36,42-43,45,53-54H,2,5-6,12-14,23-27,29-32H2,(H,50,55)/t42-,43-,45-/m0/s1. The molecule has 5 aromatic rings. The molecule has 3 saturated heterocycles. The molecule has 0 spiro atoms. The monoisotopic (exact) mass is 797 g/mol. The van der Waals surface area contributed by atoms with Gasteiger partial charge in [-0.25, -0.2) is 0 Å². The van der Waals surface area contributed by atoms with Crippen molar-refractivity contribution >= 4 is 22.8 Å². The van der Waals surface area contributed by atoms with Gasteiger partial charge in [-0.1, -0.05) is 73.5 Å². The second kappa shape index (κ2) is 18.6. The molecule has 308 valence electrons. The van der Waals surface area contributed by atoms with Gasteiger partial charge in [-0.05, 0) is 122 Å². The number of aromatic hydroxyl groups is 1. The highest BCUT2D eigenvalue weighted by Gasteiger charge is 2.37. The Morgan fingerprint density at radius 1 is 0.847 bits per heavy atom. The SMILES string of the molecule is O=C(C[C@@H](c1ccccc1)c1cccc(OCc2ccc(C(=O)N(CCCCC[C@H](O)c3ccc(O)c4[nH]c(=O)ccc34)CC3CC3)cc2)c1)O[C@H]1CN2CCC1CC2. The predicted molar refractivity (Wildman–Crippen MR) is 227 cm³/mol. The van der Waals surface area contributed by atoms with Gasteiger partial charge in [0, 0.05) is 42.6 Å². The lowest BCUT2D eigenvalue weighted by Crippen LogP contribution is -2.52. The van der Waals surface area contributed by atoms with E-state index in [0.717, 1.165) is 87.8 Å². The zero-order valence-corrected chi connectivity index (χ0v) is 33.6. The number of aliphatic hydroxyl groups excluding tert-OH is 1. The second-order valence-corrected chi connectivity index (χ2v) is 16.7. The van der Waals surface area contributed by atoms with E-state index in [2.05, 4.69) is 22.0 Å². The Bertz CT molecular complexity index is 2260. The van der Waals surface area contributed by atoms with Crippen LogP contribution in [0.2, 0.25) is 0 Å². The van der Waals surface area contributed by atoms with Crippen molar-refractivity contribution in [1.29, 1.82) is 0 Å². The van der Waals surface area contributed by atoms with Crippen LogP contribution in [0.25, 0.3) is 10.9 Å². The number of ether oxygens (including phenoxy) is 2. The molecule has 10 nitrogen and oxygen atoms in total. The Hall–Kier alpha value is -5.45. The lowest BCUT2D eigenvalue weighted by molar-refractivity contribution is -0.159. The van der Waals surface area contributed by atoms with Gasteiger partial charge >= 0.3 is 5.97 Å². The normalized spacial score (nSPS) is 19.6. The highest BCUT2D eigenvalue weighted by atomic mass is 16.5. The lowest BCUT2D eigenvalue weighted by Gasteiger charge is -2.44. The van der Waals surface area contributed by atoms with Gasteiger partial charge in [0.15, 0.2) is 0 Å². The van der Waals surface area contributed by atoms with Crippen LogP contribution in [0.5, 0.6) is 11.5 Å². The van der Waals surface area contributed by atoms with Crippen molar-refractivity contribution in [1.82, 2.24) is 14.8 Å². The number of unbranched alkanes of at least 4 members (excludes halogenated alkanes) is 2. The lowest BCUT2D eigenvalue weighted by atomic mass is 9.85. The van der Waals surface area contributed by atoms with E-state index in [1.807, 2.05) is 71.6 Å². The van der Waals surface area contributed by atoms with Crippen LogP contribution in [0.3, 0.4) is 0 Å². The van der Waals surface area contributed by atoms with Crippen LogP contribution in [0, 0.1) is 11.8 Å². The van der Waals surface area contributed by atoms with Crippen molar-refractivity contribution in [2.75, 3.05) is 32.7 Å². The van der Waals surface area contributed by atoms with Crippen molar-refractivity contribution in [3.63, 3.8) is 0 Å². The van der Waals surface area contributed by atoms with Crippen molar-refractivity contribution < 1.29 is 29.3 Å². The van der Waals surface area contributed by atoms with Gasteiger partial charge in [0.05, 0.1) is 18.0 Å². The number of carbonyl (C=O) groups is 2. The summed E-state index contributed by atoms with van der Waals surface area (Å²) >= 11 is 0. The number of fused-ring (bicyclic) bond motifs is 4. The summed E-state index contributed by atoms with van der Waals surface area (Å²) in [4.78, 5) is 45.9. The summed E-state index contributed by atoms with van der Waals surface area (Å²) < 4.78 is 12.4. The molecule has 10 heteroatoms. The van der Waals surface area contributed by atoms with Crippen LogP contribution >= 0.6 is 0 Å². The molecule has 3 atom stereocenters. The maximum absolute atomic E-state index is 13.7. The third-order valence-corrected chi connectivity index (χ3v) is 12.5. The van der Waals surface area contributed by atoms with Gasteiger partial charge in [-0.15, -0.1) is 0 Å². The minimum Gasteiger partial charge on any atom is -0.506 e. The largest absolute Gasteiger partial charge is 0.506 e. The van der Waals surface area contributed by atoms with Gasteiger partial charge in [-0.3, -0.25) is 19.3 Å². The number of pyridine rings is 1. The minimum absolute atomic E-state index is 0.0207. The maximum atomic E-state index is 13.7. The van der Waals surface area contributed by atoms with Crippen LogP contribution in [0.1, 0.15) is 102 Å². The average Bonchev–Trinajstić information content (AvgIpc) is 4.09. The van der Waals surface area contributed by atoms with E-state index in [-0.39, 0.29) is 41.6 Å². The molecule has 59 heavy (non-hydrogen) atoms. The van der Waals surface area contributed by atoms with Gasteiger partial charge < -0.3 is 29.6 Å². The maximum Gasteiger partial charge on any atom is 0.307 e. The molecule has 4 aromatic carbocycles. The quantitative estimate of drug-likeness (QED) is 0.0599. The summed E-state index contributed by atoms with van der Waals surface area (Å²) in [6.07, 6.45) is 6.98. The van der Waals surface area contributed by atoms with E-state index in [1.54, 1.807) is 12.1 Å². The average molecular weight is 798 g/mol. The summed E-state index contributed by atoms with van der Waals surface area (Å²) in [5.41, 5.74) is 4.36. The van der Waals surface area contributed by atoms with Crippen LogP contribution in [0.15, 0.2) is 108 Å². The molecule has 4 fully saturated rings. The van der Waals surface area contributed by atoms with Gasteiger partial charge in [0.2, 0.25) is 5.56 Å². The minimum atomic E-state index is -0.735.